The zero-order valence-corrected chi connectivity index (χ0v) is 12.4. The van der Waals surface area contributed by atoms with E-state index in [0.29, 0.717) is 18.6 Å². The lowest BCUT2D eigenvalue weighted by atomic mass is 9.91. The van der Waals surface area contributed by atoms with Gasteiger partial charge in [-0.25, -0.2) is 0 Å². The van der Waals surface area contributed by atoms with Gasteiger partial charge >= 0.3 is 0 Å². The minimum absolute atomic E-state index is 0.0690. The van der Waals surface area contributed by atoms with E-state index in [2.05, 4.69) is 10.5 Å². The second kappa shape index (κ2) is 5.26. The third kappa shape index (κ3) is 2.42. The quantitative estimate of drug-likeness (QED) is 0.903. The maximum Gasteiger partial charge on any atom is 0.249 e. The first-order chi connectivity index (χ1) is 9.41. The predicted molar refractivity (Wildman–Crippen MR) is 72.7 cm³/mol. The van der Waals surface area contributed by atoms with Crippen LogP contribution in [0.3, 0.4) is 0 Å². The standard InChI is InChI=1S/C14H21N3O3/c1-5-11-12(18)15-14(4,6-2)13(19)17(11)8-10-7-9(3)16-20-10/h7,11H,5-6,8H2,1-4H3,(H,15,18). The molecular weight excluding hydrogens is 258 g/mol. The second-order valence-electron chi connectivity index (χ2n) is 5.47. The van der Waals surface area contributed by atoms with Gasteiger partial charge in [0.25, 0.3) is 0 Å². The summed E-state index contributed by atoms with van der Waals surface area (Å²) >= 11 is 0. The van der Waals surface area contributed by atoms with Gasteiger partial charge in [-0.1, -0.05) is 19.0 Å². The summed E-state index contributed by atoms with van der Waals surface area (Å²) in [6.07, 6.45) is 1.13. The molecule has 0 radical (unpaired) electrons. The lowest BCUT2D eigenvalue weighted by Crippen LogP contribution is -2.68. The highest BCUT2D eigenvalue weighted by molar-refractivity contribution is 5.99. The van der Waals surface area contributed by atoms with Gasteiger partial charge in [0, 0.05) is 6.07 Å². The van der Waals surface area contributed by atoms with E-state index in [4.69, 9.17) is 4.52 Å². The molecule has 0 aliphatic carbocycles. The molecule has 2 rings (SSSR count). The van der Waals surface area contributed by atoms with E-state index in [9.17, 15) is 9.59 Å². The molecule has 0 aromatic carbocycles. The summed E-state index contributed by atoms with van der Waals surface area (Å²) in [4.78, 5) is 26.5. The largest absolute Gasteiger partial charge is 0.359 e. The highest BCUT2D eigenvalue weighted by Crippen LogP contribution is 2.24. The van der Waals surface area contributed by atoms with Crippen LogP contribution in [0.25, 0.3) is 0 Å². The zero-order valence-electron chi connectivity index (χ0n) is 12.4. The number of carbonyl (C=O) groups excluding carboxylic acids is 2. The van der Waals surface area contributed by atoms with Crippen molar-refractivity contribution in [1.29, 1.82) is 0 Å². The molecule has 0 saturated carbocycles. The molecule has 110 valence electrons. The van der Waals surface area contributed by atoms with Crippen LogP contribution >= 0.6 is 0 Å². The molecule has 0 bridgehead atoms. The molecule has 6 nitrogen and oxygen atoms in total. The van der Waals surface area contributed by atoms with E-state index in [-0.39, 0.29) is 18.4 Å². The molecule has 0 spiro atoms. The van der Waals surface area contributed by atoms with Gasteiger partial charge in [0.1, 0.15) is 11.6 Å². The van der Waals surface area contributed by atoms with Gasteiger partial charge in [-0.2, -0.15) is 0 Å². The predicted octanol–water partition coefficient (Wildman–Crippen LogP) is 1.39. The van der Waals surface area contributed by atoms with Crippen molar-refractivity contribution in [2.75, 3.05) is 0 Å². The van der Waals surface area contributed by atoms with Gasteiger partial charge in [0.05, 0.1) is 12.2 Å². The minimum atomic E-state index is -0.835. The zero-order chi connectivity index (χ0) is 14.9. The first-order valence-corrected chi connectivity index (χ1v) is 6.96. The van der Waals surface area contributed by atoms with Crippen molar-refractivity contribution < 1.29 is 14.1 Å². The molecule has 1 saturated heterocycles. The molecule has 2 heterocycles. The summed E-state index contributed by atoms with van der Waals surface area (Å²) < 4.78 is 5.17. The molecular formula is C14H21N3O3. The topological polar surface area (TPSA) is 75.4 Å². The fraction of sp³-hybridized carbons (Fsp3) is 0.643. The summed E-state index contributed by atoms with van der Waals surface area (Å²) in [6.45, 7) is 7.65. The summed E-state index contributed by atoms with van der Waals surface area (Å²) in [5, 5.41) is 6.66. The Morgan fingerprint density at radius 1 is 1.45 bits per heavy atom. The third-order valence-electron chi connectivity index (χ3n) is 3.91. The molecule has 20 heavy (non-hydrogen) atoms. The summed E-state index contributed by atoms with van der Waals surface area (Å²) in [6, 6.07) is 1.34. The minimum Gasteiger partial charge on any atom is -0.359 e. The number of rotatable bonds is 4. The smallest absolute Gasteiger partial charge is 0.249 e. The molecule has 2 atom stereocenters. The van der Waals surface area contributed by atoms with Gasteiger partial charge < -0.3 is 14.7 Å². The fourth-order valence-electron chi connectivity index (χ4n) is 2.49. The molecule has 1 aliphatic rings. The summed E-state index contributed by atoms with van der Waals surface area (Å²) in [5.41, 5.74) is -0.0714. The van der Waals surface area contributed by atoms with E-state index in [1.165, 1.54) is 0 Å². The Hall–Kier alpha value is -1.85. The number of aromatic nitrogens is 1. The Morgan fingerprint density at radius 3 is 2.65 bits per heavy atom. The van der Waals surface area contributed by atoms with E-state index >= 15 is 0 Å². The highest BCUT2D eigenvalue weighted by Gasteiger charge is 2.46. The lowest BCUT2D eigenvalue weighted by Gasteiger charge is -2.43. The average Bonchev–Trinajstić information content (AvgIpc) is 2.81. The molecule has 2 amide bonds. The van der Waals surface area contributed by atoms with Gasteiger partial charge in [-0.15, -0.1) is 0 Å². The van der Waals surface area contributed by atoms with Crippen molar-refractivity contribution in [2.24, 2.45) is 0 Å². The average molecular weight is 279 g/mol. The van der Waals surface area contributed by atoms with Crippen molar-refractivity contribution >= 4 is 11.8 Å². The van der Waals surface area contributed by atoms with Crippen molar-refractivity contribution in [3.05, 3.63) is 17.5 Å². The number of nitrogens with one attached hydrogen (secondary N) is 1. The third-order valence-corrected chi connectivity index (χ3v) is 3.91. The maximum atomic E-state index is 12.7. The summed E-state index contributed by atoms with van der Waals surface area (Å²) in [5.74, 6) is 0.427. The molecule has 1 fully saturated rings. The first-order valence-electron chi connectivity index (χ1n) is 6.96. The van der Waals surface area contributed by atoms with Crippen molar-refractivity contribution in [3.8, 4) is 0 Å². The molecule has 1 aromatic heterocycles. The van der Waals surface area contributed by atoms with Crippen LogP contribution in [-0.4, -0.2) is 33.5 Å². The Labute approximate surface area is 118 Å². The SMILES string of the molecule is CCC1C(=O)NC(C)(CC)C(=O)N1Cc1cc(C)no1. The molecule has 2 unspecified atom stereocenters. The number of hydrogen-bond donors (Lipinski definition) is 1. The Balaban J connectivity index is 2.29. The number of amides is 2. The summed E-state index contributed by atoms with van der Waals surface area (Å²) in [7, 11) is 0. The van der Waals surface area contributed by atoms with Crippen molar-refractivity contribution in [2.45, 2.75) is 58.7 Å². The lowest BCUT2D eigenvalue weighted by molar-refractivity contribution is -0.155. The van der Waals surface area contributed by atoms with E-state index in [1.54, 1.807) is 17.9 Å². The number of aryl methyl sites for hydroxylation is 1. The number of carbonyl (C=O) groups is 2. The van der Waals surface area contributed by atoms with Gasteiger partial charge in [0.2, 0.25) is 11.8 Å². The Morgan fingerprint density at radius 2 is 2.15 bits per heavy atom. The van der Waals surface area contributed by atoms with Crippen LogP contribution < -0.4 is 5.32 Å². The molecule has 1 aromatic rings. The van der Waals surface area contributed by atoms with Gasteiger partial charge in [-0.05, 0) is 26.7 Å². The van der Waals surface area contributed by atoms with Crippen LogP contribution in [0.1, 0.15) is 45.1 Å². The van der Waals surface area contributed by atoms with Crippen LogP contribution in [-0.2, 0) is 16.1 Å². The highest BCUT2D eigenvalue weighted by atomic mass is 16.5. The number of nitrogens with zero attached hydrogens (tertiary/aromatic N) is 2. The van der Waals surface area contributed by atoms with Gasteiger partial charge in [-0.3, -0.25) is 9.59 Å². The van der Waals surface area contributed by atoms with E-state index in [0.717, 1.165) is 5.69 Å². The fourth-order valence-corrected chi connectivity index (χ4v) is 2.49. The van der Waals surface area contributed by atoms with Crippen molar-refractivity contribution in [1.82, 2.24) is 15.4 Å². The van der Waals surface area contributed by atoms with E-state index in [1.807, 2.05) is 20.8 Å². The van der Waals surface area contributed by atoms with Crippen molar-refractivity contribution in [3.63, 3.8) is 0 Å². The first kappa shape index (κ1) is 14.6. The van der Waals surface area contributed by atoms with Crippen LogP contribution in [0.5, 0.6) is 0 Å². The number of piperazine rings is 1. The van der Waals surface area contributed by atoms with Crippen LogP contribution in [0.15, 0.2) is 10.6 Å². The Bertz CT molecular complexity index is 525. The molecule has 6 heteroatoms. The second-order valence-corrected chi connectivity index (χ2v) is 5.47. The van der Waals surface area contributed by atoms with E-state index < -0.39 is 11.6 Å². The molecule has 1 N–H and O–H groups in total. The molecule has 1 aliphatic heterocycles. The monoisotopic (exact) mass is 279 g/mol. The Kier molecular flexibility index (Phi) is 3.83. The van der Waals surface area contributed by atoms with Crippen LogP contribution in [0.4, 0.5) is 0 Å². The van der Waals surface area contributed by atoms with Crippen LogP contribution in [0, 0.1) is 6.92 Å². The van der Waals surface area contributed by atoms with Gasteiger partial charge in [0.15, 0.2) is 5.76 Å². The van der Waals surface area contributed by atoms with Crippen LogP contribution in [0.2, 0.25) is 0 Å². The number of hydrogen-bond acceptors (Lipinski definition) is 4. The normalized spacial score (nSPS) is 26.8. The maximum absolute atomic E-state index is 12.7.